The molecule has 1 aliphatic rings. The van der Waals surface area contributed by atoms with Gasteiger partial charge in [-0.05, 0) is 24.0 Å². The summed E-state index contributed by atoms with van der Waals surface area (Å²) in [5.41, 5.74) is 2.81. The number of thioether (sulfide) groups is 1. The molecule has 2 aromatic carbocycles. The predicted octanol–water partition coefficient (Wildman–Crippen LogP) is 5.26. The zero-order chi connectivity index (χ0) is 14.0. The number of benzene rings is 2. The SMILES string of the molecule is CC1C=CC(C)C(c2ccccc2)(c2ccccc2)S1. The van der Waals surface area contributed by atoms with Crippen molar-refractivity contribution in [2.45, 2.75) is 23.8 Å². The van der Waals surface area contributed by atoms with Crippen molar-refractivity contribution in [2.75, 3.05) is 0 Å². The highest BCUT2D eigenvalue weighted by Gasteiger charge is 2.42. The molecule has 2 unspecified atom stereocenters. The van der Waals surface area contributed by atoms with Crippen molar-refractivity contribution in [2.24, 2.45) is 5.92 Å². The third-order valence-electron chi connectivity index (χ3n) is 4.09. The van der Waals surface area contributed by atoms with Crippen LogP contribution in [0.3, 0.4) is 0 Å². The molecule has 0 fully saturated rings. The topological polar surface area (TPSA) is 0 Å². The fourth-order valence-electron chi connectivity index (χ4n) is 3.10. The summed E-state index contributed by atoms with van der Waals surface area (Å²) in [4.78, 5) is 0. The van der Waals surface area contributed by atoms with E-state index in [1.165, 1.54) is 11.1 Å². The lowest BCUT2D eigenvalue weighted by atomic mass is 9.80. The molecule has 0 nitrogen and oxygen atoms in total. The number of hydrogen-bond donors (Lipinski definition) is 0. The van der Waals surface area contributed by atoms with Crippen LogP contribution in [-0.2, 0) is 4.75 Å². The maximum absolute atomic E-state index is 2.38. The fourth-order valence-corrected chi connectivity index (χ4v) is 4.69. The second kappa shape index (κ2) is 5.49. The van der Waals surface area contributed by atoms with Crippen molar-refractivity contribution in [3.8, 4) is 0 Å². The maximum Gasteiger partial charge on any atom is 0.0722 e. The van der Waals surface area contributed by atoms with E-state index in [1.807, 2.05) is 0 Å². The standard InChI is InChI=1S/C19H20S/c1-15-13-14-16(2)20-19(15,17-9-5-3-6-10-17)18-11-7-4-8-12-18/h3-16H,1-2H3. The Kier molecular flexibility index (Phi) is 3.71. The van der Waals surface area contributed by atoms with E-state index in [-0.39, 0.29) is 4.75 Å². The molecule has 102 valence electrons. The van der Waals surface area contributed by atoms with Crippen molar-refractivity contribution >= 4 is 11.8 Å². The minimum absolute atomic E-state index is 0.0245. The molecule has 3 rings (SSSR count). The average molecular weight is 280 g/mol. The van der Waals surface area contributed by atoms with Gasteiger partial charge in [0.25, 0.3) is 0 Å². The summed E-state index contributed by atoms with van der Waals surface area (Å²) < 4.78 is 0.0245. The van der Waals surface area contributed by atoms with Crippen LogP contribution < -0.4 is 0 Å². The van der Waals surface area contributed by atoms with Crippen LogP contribution in [0, 0.1) is 5.92 Å². The Hall–Kier alpha value is -1.47. The molecule has 0 saturated heterocycles. The lowest BCUT2D eigenvalue weighted by Gasteiger charge is -2.42. The van der Waals surface area contributed by atoms with E-state index in [1.54, 1.807) is 0 Å². The van der Waals surface area contributed by atoms with E-state index in [9.17, 15) is 0 Å². The molecule has 1 aliphatic heterocycles. The van der Waals surface area contributed by atoms with Crippen molar-refractivity contribution in [1.82, 2.24) is 0 Å². The lowest BCUT2D eigenvalue weighted by Crippen LogP contribution is -2.34. The Balaban J connectivity index is 2.21. The van der Waals surface area contributed by atoms with Gasteiger partial charge in [0.2, 0.25) is 0 Å². The molecular weight excluding hydrogens is 260 g/mol. The lowest BCUT2D eigenvalue weighted by molar-refractivity contribution is 0.561. The van der Waals surface area contributed by atoms with Crippen molar-refractivity contribution in [3.63, 3.8) is 0 Å². The normalized spacial score (nSPS) is 24.5. The molecular formula is C19H20S. The molecule has 0 radical (unpaired) electrons. The Labute approximate surface area is 125 Å². The van der Waals surface area contributed by atoms with E-state index in [0.717, 1.165) is 0 Å². The molecule has 0 aromatic heterocycles. The molecule has 0 saturated carbocycles. The van der Waals surface area contributed by atoms with Gasteiger partial charge in [0, 0.05) is 5.25 Å². The van der Waals surface area contributed by atoms with Crippen LogP contribution in [0.1, 0.15) is 25.0 Å². The van der Waals surface area contributed by atoms with E-state index in [4.69, 9.17) is 0 Å². The van der Waals surface area contributed by atoms with Gasteiger partial charge in [0.05, 0.1) is 4.75 Å². The van der Waals surface area contributed by atoms with Crippen molar-refractivity contribution < 1.29 is 0 Å². The minimum atomic E-state index is 0.0245. The first kappa shape index (κ1) is 13.5. The zero-order valence-electron chi connectivity index (χ0n) is 12.0. The van der Waals surface area contributed by atoms with Crippen LogP contribution >= 0.6 is 11.8 Å². The van der Waals surface area contributed by atoms with E-state index >= 15 is 0 Å². The van der Waals surface area contributed by atoms with Gasteiger partial charge in [-0.3, -0.25) is 0 Å². The molecule has 1 heterocycles. The third kappa shape index (κ3) is 2.20. The zero-order valence-corrected chi connectivity index (χ0v) is 12.8. The van der Waals surface area contributed by atoms with Crippen LogP contribution in [0.5, 0.6) is 0 Å². The van der Waals surface area contributed by atoms with Gasteiger partial charge >= 0.3 is 0 Å². The Morgan fingerprint density at radius 2 is 1.25 bits per heavy atom. The quantitative estimate of drug-likeness (QED) is 0.676. The first-order valence-electron chi connectivity index (χ1n) is 7.20. The number of rotatable bonds is 2. The van der Waals surface area contributed by atoms with Gasteiger partial charge in [0.1, 0.15) is 0 Å². The van der Waals surface area contributed by atoms with Gasteiger partial charge in [-0.1, -0.05) is 79.7 Å². The molecule has 20 heavy (non-hydrogen) atoms. The highest BCUT2D eigenvalue weighted by molar-refractivity contribution is 8.01. The number of allylic oxidation sites excluding steroid dienone is 1. The molecule has 0 amide bonds. The Morgan fingerprint density at radius 3 is 1.75 bits per heavy atom. The largest absolute Gasteiger partial charge is 0.138 e. The fraction of sp³-hybridized carbons (Fsp3) is 0.263. The van der Waals surface area contributed by atoms with E-state index in [2.05, 4.69) is 98.4 Å². The summed E-state index contributed by atoms with van der Waals surface area (Å²) in [5, 5.41) is 0.534. The summed E-state index contributed by atoms with van der Waals surface area (Å²) in [6.07, 6.45) is 4.71. The summed E-state index contributed by atoms with van der Waals surface area (Å²) in [7, 11) is 0. The summed E-state index contributed by atoms with van der Waals surface area (Å²) >= 11 is 2.06. The molecule has 2 aromatic rings. The molecule has 0 bridgehead atoms. The van der Waals surface area contributed by atoms with Gasteiger partial charge in [-0.15, -0.1) is 11.8 Å². The first-order chi connectivity index (χ1) is 9.73. The highest BCUT2D eigenvalue weighted by Crippen LogP contribution is 2.53. The second-order valence-corrected chi connectivity index (χ2v) is 7.09. The molecule has 0 aliphatic carbocycles. The van der Waals surface area contributed by atoms with Crippen LogP contribution in [-0.4, -0.2) is 5.25 Å². The van der Waals surface area contributed by atoms with Crippen LogP contribution in [0.25, 0.3) is 0 Å². The smallest absolute Gasteiger partial charge is 0.0722 e. The number of hydrogen-bond acceptors (Lipinski definition) is 1. The van der Waals surface area contributed by atoms with Gasteiger partial charge in [-0.2, -0.15) is 0 Å². The average Bonchev–Trinajstić information content (AvgIpc) is 2.51. The molecule has 0 spiro atoms. The van der Waals surface area contributed by atoms with Crippen LogP contribution in [0.4, 0.5) is 0 Å². The summed E-state index contributed by atoms with van der Waals surface area (Å²) in [6.45, 7) is 4.61. The molecule has 1 heteroatoms. The molecule has 2 atom stereocenters. The first-order valence-corrected chi connectivity index (χ1v) is 8.08. The van der Waals surface area contributed by atoms with E-state index < -0.39 is 0 Å². The monoisotopic (exact) mass is 280 g/mol. The third-order valence-corrected chi connectivity index (χ3v) is 5.83. The Morgan fingerprint density at radius 1 is 0.750 bits per heavy atom. The highest BCUT2D eigenvalue weighted by atomic mass is 32.2. The van der Waals surface area contributed by atoms with Gasteiger partial charge in [0.15, 0.2) is 0 Å². The van der Waals surface area contributed by atoms with Crippen molar-refractivity contribution in [3.05, 3.63) is 83.9 Å². The second-order valence-electron chi connectivity index (χ2n) is 5.46. The summed E-state index contributed by atoms with van der Waals surface area (Å²) in [6, 6.07) is 21.9. The molecule has 0 N–H and O–H groups in total. The van der Waals surface area contributed by atoms with Crippen molar-refractivity contribution in [1.29, 1.82) is 0 Å². The summed E-state index contributed by atoms with van der Waals surface area (Å²) in [5.74, 6) is 0.480. The van der Waals surface area contributed by atoms with Gasteiger partial charge in [-0.25, -0.2) is 0 Å². The van der Waals surface area contributed by atoms with Gasteiger partial charge < -0.3 is 0 Å². The maximum atomic E-state index is 2.38. The Bertz CT molecular complexity index is 546. The van der Waals surface area contributed by atoms with Crippen LogP contribution in [0.2, 0.25) is 0 Å². The van der Waals surface area contributed by atoms with Crippen LogP contribution in [0.15, 0.2) is 72.8 Å². The predicted molar refractivity (Wildman–Crippen MR) is 89.0 cm³/mol. The van der Waals surface area contributed by atoms with E-state index in [0.29, 0.717) is 11.2 Å². The minimum Gasteiger partial charge on any atom is -0.138 e.